The molecule has 0 fully saturated rings. The van der Waals surface area contributed by atoms with Gasteiger partial charge in [0, 0.05) is 11.3 Å². The van der Waals surface area contributed by atoms with Crippen molar-refractivity contribution in [2.75, 3.05) is 24.3 Å². The molecule has 1 aromatic heterocycles. The fourth-order valence-electron chi connectivity index (χ4n) is 1.99. The van der Waals surface area contributed by atoms with Crippen molar-refractivity contribution < 1.29 is 23.1 Å². The van der Waals surface area contributed by atoms with E-state index in [1.165, 1.54) is 18.4 Å². The van der Waals surface area contributed by atoms with E-state index in [0.717, 1.165) is 10.6 Å². The first-order chi connectivity index (χ1) is 12.2. The van der Waals surface area contributed by atoms with Gasteiger partial charge in [0.2, 0.25) is 11.7 Å². The average molecular weight is 365 g/mol. The Kier molecular flexibility index (Phi) is 5.89. The predicted octanol–water partition coefficient (Wildman–Crippen LogP) is 3.06. The van der Waals surface area contributed by atoms with Crippen LogP contribution >= 0.6 is 11.8 Å². The second-order valence-corrected chi connectivity index (χ2v) is 6.24. The number of hydrogen-bond donors (Lipinski definition) is 1. The van der Waals surface area contributed by atoms with Crippen LogP contribution in [0, 0.1) is 5.82 Å². The molecule has 25 heavy (non-hydrogen) atoms. The highest BCUT2D eigenvalue weighted by Crippen LogP contribution is 2.21. The molecule has 3 rings (SSSR count). The molecule has 2 aromatic rings. The molecule has 9 heteroatoms. The summed E-state index contributed by atoms with van der Waals surface area (Å²) in [4.78, 5) is 12.8. The number of carbonyl (C=O) groups is 1. The second kappa shape index (κ2) is 8.52. The summed E-state index contributed by atoms with van der Waals surface area (Å²) in [6.45, 7) is 0.874. The van der Waals surface area contributed by atoms with Crippen molar-refractivity contribution in [1.29, 1.82) is 0 Å². The number of rotatable bonds is 7. The lowest BCUT2D eigenvalue weighted by Crippen LogP contribution is -2.11. The molecule has 1 amide bonds. The first kappa shape index (κ1) is 17.3. The molecule has 0 radical (unpaired) electrons. The number of nitrogens with zero attached hydrogens (tertiary/aromatic N) is 2. The number of halogens is 1. The van der Waals surface area contributed by atoms with Gasteiger partial charge in [-0.2, -0.15) is 0 Å². The van der Waals surface area contributed by atoms with Gasteiger partial charge >= 0.3 is 6.01 Å². The summed E-state index contributed by atoms with van der Waals surface area (Å²) in [5.74, 6) is 0.761. The molecule has 7 nitrogen and oxygen atoms in total. The van der Waals surface area contributed by atoms with Crippen molar-refractivity contribution in [3.05, 3.63) is 42.2 Å². The summed E-state index contributed by atoms with van der Waals surface area (Å²) in [6, 6.07) is 6.27. The molecule has 0 atom stereocenters. The number of aromatic nitrogens is 2. The third-order valence-corrected chi connectivity index (χ3v) is 4.26. The quantitative estimate of drug-likeness (QED) is 0.596. The van der Waals surface area contributed by atoms with Crippen LogP contribution in [0.5, 0.6) is 0 Å². The van der Waals surface area contributed by atoms with Crippen molar-refractivity contribution in [3.63, 3.8) is 0 Å². The molecule has 0 spiro atoms. The van der Waals surface area contributed by atoms with Crippen molar-refractivity contribution in [1.82, 2.24) is 10.2 Å². The topological polar surface area (TPSA) is 86.5 Å². The van der Waals surface area contributed by atoms with Crippen molar-refractivity contribution >= 4 is 29.4 Å². The fraction of sp³-hybridized carbons (Fsp3) is 0.312. The summed E-state index contributed by atoms with van der Waals surface area (Å²) in [7, 11) is 0. The molecule has 0 saturated carbocycles. The third kappa shape index (κ3) is 5.21. The van der Waals surface area contributed by atoms with E-state index in [4.69, 9.17) is 13.9 Å². The minimum atomic E-state index is -0.261. The zero-order chi connectivity index (χ0) is 17.5. The Morgan fingerprint density at radius 3 is 2.84 bits per heavy atom. The summed E-state index contributed by atoms with van der Waals surface area (Å²) in [6.07, 6.45) is 2.38. The van der Waals surface area contributed by atoms with E-state index >= 15 is 0 Å². The highest BCUT2D eigenvalue weighted by Gasteiger charge is 2.17. The maximum Gasteiger partial charge on any atom is 0.322 e. The van der Waals surface area contributed by atoms with Crippen LogP contribution in [0.4, 0.5) is 10.4 Å². The molecule has 0 unspecified atom stereocenters. The van der Waals surface area contributed by atoms with Crippen molar-refractivity contribution in [2.45, 2.75) is 17.7 Å². The van der Waals surface area contributed by atoms with Crippen LogP contribution in [-0.4, -0.2) is 35.1 Å². The molecule has 1 N–H and O–H groups in total. The normalized spacial score (nSPS) is 13.6. The number of amides is 1. The number of anilines is 1. The predicted molar refractivity (Wildman–Crippen MR) is 89.2 cm³/mol. The molecule has 0 aliphatic carbocycles. The Bertz CT molecular complexity index is 748. The van der Waals surface area contributed by atoms with Crippen LogP contribution in [0.2, 0.25) is 0 Å². The summed E-state index contributed by atoms with van der Waals surface area (Å²) in [5.41, 5.74) is 0. The van der Waals surface area contributed by atoms with E-state index in [1.807, 2.05) is 0 Å². The van der Waals surface area contributed by atoms with E-state index in [-0.39, 0.29) is 23.6 Å². The second-order valence-electron chi connectivity index (χ2n) is 5.07. The van der Waals surface area contributed by atoms with Crippen molar-refractivity contribution in [2.24, 2.45) is 0 Å². The van der Waals surface area contributed by atoms with Gasteiger partial charge in [-0.1, -0.05) is 5.10 Å². The van der Waals surface area contributed by atoms with Gasteiger partial charge in [-0.15, -0.1) is 16.9 Å². The number of ether oxygens (including phenoxy) is 2. The van der Waals surface area contributed by atoms with Gasteiger partial charge in [-0.05, 0) is 36.4 Å². The fourth-order valence-corrected chi connectivity index (χ4v) is 2.84. The molecule has 1 aliphatic heterocycles. The monoisotopic (exact) mass is 365 g/mol. The third-order valence-electron chi connectivity index (χ3n) is 3.16. The molecular weight excluding hydrogens is 349 g/mol. The van der Waals surface area contributed by atoms with E-state index in [9.17, 15) is 9.18 Å². The summed E-state index contributed by atoms with van der Waals surface area (Å²) >= 11 is 1.56. The van der Waals surface area contributed by atoms with Gasteiger partial charge in [0.05, 0.1) is 0 Å². The molecule has 132 valence electrons. The van der Waals surface area contributed by atoms with Crippen LogP contribution in [0.25, 0.3) is 5.76 Å². The smallest absolute Gasteiger partial charge is 0.322 e. The molecule has 0 bridgehead atoms. The van der Waals surface area contributed by atoms with Crippen LogP contribution in [0.1, 0.15) is 18.7 Å². The standard InChI is InChI=1S/C16H16FN3O4S/c17-11-3-5-12(6-4-11)25-9-1-2-14(21)18-16-20-19-15(24-16)13-10-22-7-8-23-13/h3-6,10H,1-2,7-9H2,(H,18,20,21). The van der Waals surface area contributed by atoms with Gasteiger partial charge in [0.1, 0.15) is 25.3 Å². The minimum absolute atomic E-state index is 0.0151. The highest BCUT2D eigenvalue weighted by atomic mass is 32.2. The Morgan fingerprint density at radius 2 is 2.08 bits per heavy atom. The molecule has 1 aliphatic rings. The van der Waals surface area contributed by atoms with Crippen LogP contribution in [0.3, 0.4) is 0 Å². The molecular formula is C16H16FN3O4S. The lowest BCUT2D eigenvalue weighted by Gasteiger charge is -2.11. The van der Waals surface area contributed by atoms with Gasteiger partial charge < -0.3 is 13.9 Å². The minimum Gasteiger partial charge on any atom is -0.494 e. The highest BCUT2D eigenvalue weighted by molar-refractivity contribution is 7.99. The summed E-state index contributed by atoms with van der Waals surface area (Å²) < 4.78 is 28.5. The first-order valence-corrected chi connectivity index (χ1v) is 8.66. The number of thioether (sulfide) groups is 1. The van der Waals surface area contributed by atoms with Gasteiger partial charge in [0.15, 0.2) is 0 Å². The van der Waals surface area contributed by atoms with Crippen LogP contribution in [-0.2, 0) is 14.3 Å². The maximum atomic E-state index is 12.8. The van der Waals surface area contributed by atoms with Gasteiger partial charge in [0.25, 0.3) is 5.89 Å². The van der Waals surface area contributed by atoms with Gasteiger partial charge in [-0.25, -0.2) is 4.39 Å². The first-order valence-electron chi connectivity index (χ1n) is 7.67. The molecule has 1 aromatic carbocycles. The Hall–Kier alpha value is -2.55. The SMILES string of the molecule is O=C(CCCSc1ccc(F)cc1)Nc1nnc(C2=COCCO2)o1. The van der Waals surface area contributed by atoms with E-state index in [1.54, 1.807) is 23.9 Å². The number of nitrogens with one attached hydrogen (secondary N) is 1. The Balaban J connectivity index is 1.40. The molecule has 2 heterocycles. The van der Waals surface area contributed by atoms with E-state index < -0.39 is 0 Å². The lowest BCUT2D eigenvalue weighted by molar-refractivity contribution is -0.116. The Morgan fingerprint density at radius 1 is 1.24 bits per heavy atom. The Labute approximate surface area is 147 Å². The van der Waals surface area contributed by atoms with Crippen LogP contribution in [0.15, 0.2) is 39.8 Å². The maximum absolute atomic E-state index is 12.8. The van der Waals surface area contributed by atoms with E-state index in [0.29, 0.717) is 31.8 Å². The van der Waals surface area contributed by atoms with Crippen LogP contribution < -0.4 is 5.32 Å². The lowest BCUT2D eigenvalue weighted by atomic mass is 10.3. The average Bonchev–Trinajstić information content (AvgIpc) is 3.09. The largest absolute Gasteiger partial charge is 0.494 e. The number of hydrogen-bond acceptors (Lipinski definition) is 7. The number of benzene rings is 1. The van der Waals surface area contributed by atoms with Crippen molar-refractivity contribution in [3.8, 4) is 0 Å². The zero-order valence-corrected chi connectivity index (χ0v) is 14.1. The zero-order valence-electron chi connectivity index (χ0n) is 13.2. The summed E-state index contributed by atoms with van der Waals surface area (Å²) in [5, 5.41) is 10.1. The molecule has 0 saturated heterocycles. The van der Waals surface area contributed by atoms with Gasteiger partial charge in [-0.3, -0.25) is 10.1 Å². The number of carbonyl (C=O) groups excluding carboxylic acids is 1. The van der Waals surface area contributed by atoms with E-state index in [2.05, 4.69) is 15.5 Å².